The SMILES string of the molecule is C1CCC(N(C2CCCCC2)C2CNC3NC4CCCCC4C3C2)CC1. The fraction of sp³-hybridized carbons (Fsp3) is 1.00. The van der Waals surface area contributed by atoms with Crippen LogP contribution in [0.1, 0.15) is 96.3 Å². The fourth-order valence-corrected chi connectivity index (χ4v) is 7.54. The first-order valence-corrected chi connectivity index (χ1v) is 12.2. The Morgan fingerprint density at radius 2 is 1.19 bits per heavy atom. The van der Waals surface area contributed by atoms with E-state index in [1.54, 1.807) is 0 Å². The average molecular weight is 360 g/mol. The average Bonchev–Trinajstić information content (AvgIpc) is 3.08. The molecule has 0 bridgehead atoms. The summed E-state index contributed by atoms with van der Waals surface area (Å²) in [7, 11) is 0. The first-order chi connectivity index (χ1) is 12.9. The molecule has 0 spiro atoms. The van der Waals surface area contributed by atoms with Gasteiger partial charge in [-0.2, -0.15) is 0 Å². The zero-order chi connectivity index (χ0) is 17.3. The van der Waals surface area contributed by atoms with Crippen LogP contribution in [0.3, 0.4) is 0 Å². The minimum absolute atomic E-state index is 0.624. The molecule has 2 N–H and O–H groups in total. The van der Waals surface area contributed by atoms with Gasteiger partial charge in [-0.1, -0.05) is 51.4 Å². The lowest BCUT2D eigenvalue weighted by Crippen LogP contribution is -2.60. The molecule has 148 valence electrons. The van der Waals surface area contributed by atoms with Gasteiger partial charge in [-0.05, 0) is 56.8 Å². The van der Waals surface area contributed by atoms with Gasteiger partial charge in [0.1, 0.15) is 0 Å². The summed E-state index contributed by atoms with van der Waals surface area (Å²) in [6.45, 7) is 1.24. The van der Waals surface area contributed by atoms with Crippen molar-refractivity contribution in [2.24, 2.45) is 11.8 Å². The third-order valence-electron chi connectivity index (χ3n) is 8.72. The molecule has 3 saturated carbocycles. The van der Waals surface area contributed by atoms with E-state index in [9.17, 15) is 0 Å². The van der Waals surface area contributed by atoms with Crippen LogP contribution in [-0.4, -0.2) is 41.8 Å². The van der Waals surface area contributed by atoms with Gasteiger partial charge in [0.25, 0.3) is 0 Å². The minimum Gasteiger partial charge on any atom is -0.300 e. The van der Waals surface area contributed by atoms with Crippen LogP contribution in [0.2, 0.25) is 0 Å². The first kappa shape index (κ1) is 17.9. The highest BCUT2D eigenvalue weighted by atomic mass is 15.3. The van der Waals surface area contributed by atoms with Crippen molar-refractivity contribution in [3.8, 4) is 0 Å². The van der Waals surface area contributed by atoms with Crippen LogP contribution < -0.4 is 10.6 Å². The molecule has 5 rings (SSSR count). The van der Waals surface area contributed by atoms with Gasteiger partial charge in [0, 0.05) is 30.7 Å². The molecule has 0 aromatic heterocycles. The van der Waals surface area contributed by atoms with Crippen LogP contribution >= 0.6 is 0 Å². The Balaban J connectivity index is 1.32. The highest BCUT2D eigenvalue weighted by Crippen LogP contribution is 2.43. The number of nitrogens with zero attached hydrogens (tertiary/aromatic N) is 1. The molecule has 2 heterocycles. The smallest absolute Gasteiger partial charge is 0.0607 e. The van der Waals surface area contributed by atoms with Gasteiger partial charge in [-0.15, -0.1) is 0 Å². The van der Waals surface area contributed by atoms with E-state index in [1.807, 2.05) is 0 Å². The van der Waals surface area contributed by atoms with Crippen molar-refractivity contribution in [2.45, 2.75) is 127 Å². The summed E-state index contributed by atoms with van der Waals surface area (Å²) in [6.07, 6.45) is 22.7. The van der Waals surface area contributed by atoms with Gasteiger partial charge in [0.2, 0.25) is 0 Å². The van der Waals surface area contributed by atoms with Gasteiger partial charge in [0.15, 0.2) is 0 Å². The van der Waals surface area contributed by atoms with Crippen LogP contribution in [0.15, 0.2) is 0 Å². The van der Waals surface area contributed by atoms with Gasteiger partial charge >= 0.3 is 0 Å². The Kier molecular flexibility index (Phi) is 5.58. The summed E-state index contributed by atoms with van der Waals surface area (Å²) in [4.78, 5) is 3.11. The summed E-state index contributed by atoms with van der Waals surface area (Å²) in [5, 5.41) is 7.98. The molecule has 3 nitrogen and oxygen atoms in total. The summed E-state index contributed by atoms with van der Waals surface area (Å²) in [6, 6.07) is 3.42. The van der Waals surface area contributed by atoms with Gasteiger partial charge in [-0.3, -0.25) is 10.2 Å². The lowest BCUT2D eigenvalue weighted by Gasteiger charge is -2.49. The topological polar surface area (TPSA) is 27.3 Å². The molecule has 5 fully saturated rings. The largest absolute Gasteiger partial charge is 0.300 e. The second kappa shape index (κ2) is 8.09. The van der Waals surface area contributed by atoms with Crippen LogP contribution in [0, 0.1) is 11.8 Å². The Bertz CT molecular complexity index is 436. The van der Waals surface area contributed by atoms with E-state index < -0.39 is 0 Å². The van der Waals surface area contributed by atoms with Gasteiger partial charge in [0.05, 0.1) is 6.17 Å². The molecular formula is C23H41N3. The lowest BCUT2D eigenvalue weighted by molar-refractivity contribution is 0.00731. The molecular weight excluding hydrogens is 318 g/mol. The fourth-order valence-electron chi connectivity index (χ4n) is 7.54. The molecule has 3 aliphatic carbocycles. The minimum atomic E-state index is 0.624. The van der Waals surface area contributed by atoms with Crippen molar-refractivity contribution < 1.29 is 0 Å². The predicted octanol–water partition coefficient (Wildman–Crippen LogP) is 4.42. The summed E-state index contributed by atoms with van der Waals surface area (Å²) in [5.74, 6) is 1.86. The van der Waals surface area contributed by atoms with Crippen LogP contribution in [-0.2, 0) is 0 Å². The van der Waals surface area contributed by atoms with E-state index in [0.29, 0.717) is 6.17 Å². The molecule has 5 atom stereocenters. The van der Waals surface area contributed by atoms with Crippen molar-refractivity contribution in [1.82, 2.24) is 15.5 Å². The molecule has 3 heteroatoms. The molecule has 0 aromatic carbocycles. The zero-order valence-electron chi connectivity index (χ0n) is 16.8. The Morgan fingerprint density at radius 3 is 1.88 bits per heavy atom. The quantitative estimate of drug-likeness (QED) is 0.781. The van der Waals surface area contributed by atoms with Gasteiger partial charge < -0.3 is 5.32 Å². The monoisotopic (exact) mass is 359 g/mol. The van der Waals surface area contributed by atoms with E-state index >= 15 is 0 Å². The van der Waals surface area contributed by atoms with E-state index in [0.717, 1.165) is 36.0 Å². The summed E-state index contributed by atoms with van der Waals surface area (Å²) in [5.41, 5.74) is 0. The van der Waals surface area contributed by atoms with Crippen molar-refractivity contribution >= 4 is 0 Å². The molecule has 2 saturated heterocycles. The molecule has 5 unspecified atom stereocenters. The standard InChI is InChI=1S/C23H41N3/c1-3-9-17(10-4-1)26(18-11-5-2-6-12-18)19-15-21-20-13-7-8-14-22(20)25-23(21)24-16-19/h17-25H,1-16H2. The second-order valence-corrected chi connectivity index (χ2v) is 10.2. The van der Waals surface area contributed by atoms with Crippen molar-refractivity contribution in [2.75, 3.05) is 6.54 Å². The third kappa shape index (κ3) is 3.49. The van der Waals surface area contributed by atoms with Crippen LogP contribution in [0.5, 0.6) is 0 Å². The molecule has 26 heavy (non-hydrogen) atoms. The maximum atomic E-state index is 3.99. The Hall–Kier alpha value is -0.120. The van der Waals surface area contributed by atoms with E-state index in [2.05, 4.69) is 15.5 Å². The summed E-state index contributed by atoms with van der Waals surface area (Å²) < 4.78 is 0. The molecule has 0 radical (unpaired) electrons. The maximum Gasteiger partial charge on any atom is 0.0607 e. The first-order valence-electron chi connectivity index (χ1n) is 12.2. The normalized spacial score (nSPS) is 42.6. The van der Waals surface area contributed by atoms with Crippen LogP contribution in [0.25, 0.3) is 0 Å². The number of piperidine rings is 1. The number of nitrogens with one attached hydrogen (secondary N) is 2. The molecule has 0 aromatic rings. The molecule has 5 aliphatic rings. The van der Waals surface area contributed by atoms with Crippen molar-refractivity contribution in [3.63, 3.8) is 0 Å². The maximum absolute atomic E-state index is 3.99. The molecule has 2 aliphatic heterocycles. The van der Waals surface area contributed by atoms with E-state index in [1.165, 1.54) is 103 Å². The lowest BCUT2D eigenvalue weighted by atomic mass is 9.75. The van der Waals surface area contributed by atoms with Crippen molar-refractivity contribution in [3.05, 3.63) is 0 Å². The van der Waals surface area contributed by atoms with Crippen molar-refractivity contribution in [1.29, 1.82) is 0 Å². The number of fused-ring (bicyclic) bond motifs is 3. The zero-order valence-corrected chi connectivity index (χ0v) is 16.8. The highest BCUT2D eigenvalue weighted by Gasteiger charge is 2.48. The molecule has 0 amide bonds. The number of rotatable bonds is 3. The predicted molar refractivity (Wildman–Crippen MR) is 108 cm³/mol. The third-order valence-corrected chi connectivity index (χ3v) is 8.72. The van der Waals surface area contributed by atoms with E-state index in [-0.39, 0.29) is 0 Å². The van der Waals surface area contributed by atoms with E-state index in [4.69, 9.17) is 0 Å². The Morgan fingerprint density at radius 1 is 0.577 bits per heavy atom. The van der Waals surface area contributed by atoms with Gasteiger partial charge in [-0.25, -0.2) is 0 Å². The second-order valence-electron chi connectivity index (χ2n) is 10.2. The number of hydrogen-bond donors (Lipinski definition) is 2. The highest BCUT2D eigenvalue weighted by molar-refractivity contribution is 5.04. The summed E-state index contributed by atoms with van der Waals surface area (Å²) >= 11 is 0. The number of hydrogen-bond acceptors (Lipinski definition) is 3. The Labute approximate surface area is 161 Å². The van der Waals surface area contributed by atoms with Crippen LogP contribution in [0.4, 0.5) is 0 Å².